The van der Waals surface area contributed by atoms with Gasteiger partial charge in [-0.15, -0.1) is 0 Å². The number of aryl methyl sites for hydroxylation is 1. The molecule has 1 unspecified atom stereocenters. The molecule has 192 valence electrons. The van der Waals surface area contributed by atoms with Gasteiger partial charge in [0.2, 0.25) is 0 Å². The number of carbonyl (C=O) groups excluding carboxylic acids is 1. The van der Waals surface area contributed by atoms with Gasteiger partial charge < -0.3 is 9.47 Å². The molecule has 3 aromatic rings. The first-order chi connectivity index (χ1) is 17.9. The summed E-state index contributed by atoms with van der Waals surface area (Å²) in [6.07, 6.45) is 5.92. The van der Waals surface area contributed by atoms with Gasteiger partial charge in [0.1, 0.15) is 15.8 Å². The summed E-state index contributed by atoms with van der Waals surface area (Å²) in [7, 11) is 0. The Morgan fingerprint density at radius 2 is 2.05 bits per heavy atom. The van der Waals surface area contributed by atoms with Gasteiger partial charge in [-0.3, -0.25) is 9.69 Å². The Morgan fingerprint density at radius 3 is 2.76 bits per heavy atom. The van der Waals surface area contributed by atoms with E-state index in [9.17, 15) is 4.79 Å². The molecular weight excluding hydrogens is 502 g/mol. The molecule has 1 amide bonds. The second kappa shape index (κ2) is 11.2. The zero-order valence-corrected chi connectivity index (χ0v) is 23.0. The second-order valence-electron chi connectivity index (χ2n) is 9.83. The first kappa shape index (κ1) is 25.7. The highest BCUT2D eigenvalue weighted by atomic mass is 32.2. The molecule has 0 aliphatic carbocycles. The summed E-state index contributed by atoms with van der Waals surface area (Å²) in [6, 6.07) is 16.1. The summed E-state index contributed by atoms with van der Waals surface area (Å²) in [5, 5.41) is 4.93. The van der Waals surface area contributed by atoms with Crippen LogP contribution in [-0.2, 0) is 9.53 Å². The predicted molar refractivity (Wildman–Crippen MR) is 153 cm³/mol. The minimum atomic E-state index is -0.0717. The largest absolute Gasteiger partial charge is 0.493 e. The van der Waals surface area contributed by atoms with Crippen LogP contribution in [0.2, 0.25) is 0 Å². The van der Waals surface area contributed by atoms with Crippen molar-refractivity contribution in [2.24, 2.45) is 5.92 Å². The van der Waals surface area contributed by atoms with Gasteiger partial charge in [0.25, 0.3) is 5.91 Å². The van der Waals surface area contributed by atoms with Crippen molar-refractivity contribution in [3.8, 4) is 22.7 Å². The van der Waals surface area contributed by atoms with E-state index in [1.54, 1.807) is 4.90 Å². The van der Waals surface area contributed by atoms with Gasteiger partial charge >= 0.3 is 0 Å². The van der Waals surface area contributed by atoms with E-state index in [0.717, 1.165) is 53.3 Å². The van der Waals surface area contributed by atoms with E-state index in [1.807, 2.05) is 66.3 Å². The number of amides is 1. The number of benzene rings is 2. The van der Waals surface area contributed by atoms with Crippen LogP contribution in [0, 0.1) is 12.8 Å². The minimum Gasteiger partial charge on any atom is -0.493 e. The summed E-state index contributed by atoms with van der Waals surface area (Å²) < 4.78 is 14.1. The number of aromatic nitrogens is 2. The Morgan fingerprint density at radius 1 is 1.24 bits per heavy atom. The third kappa shape index (κ3) is 5.81. The molecule has 2 fully saturated rings. The van der Waals surface area contributed by atoms with Crippen LogP contribution < -0.4 is 4.74 Å². The van der Waals surface area contributed by atoms with Gasteiger partial charge in [-0.1, -0.05) is 56.0 Å². The molecule has 8 heteroatoms. The second-order valence-corrected chi connectivity index (χ2v) is 11.5. The molecule has 6 nitrogen and oxygen atoms in total. The van der Waals surface area contributed by atoms with Crippen molar-refractivity contribution in [3.63, 3.8) is 0 Å². The van der Waals surface area contributed by atoms with E-state index in [4.69, 9.17) is 26.8 Å². The highest BCUT2D eigenvalue weighted by molar-refractivity contribution is 8.26. The Hall–Kier alpha value is -2.94. The van der Waals surface area contributed by atoms with Crippen LogP contribution in [0.15, 0.2) is 59.6 Å². The lowest BCUT2D eigenvalue weighted by Crippen LogP contribution is -2.35. The first-order valence-corrected chi connectivity index (χ1v) is 13.9. The summed E-state index contributed by atoms with van der Waals surface area (Å²) in [4.78, 5) is 15.6. The van der Waals surface area contributed by atoms with Crippen LogP contribution in [-0.4, -0.2) is 50.8 Å². The lowest BCUT2D eigenvalue weighted by molar-refractivity contribution is -0.123. The number of nitrogens with zero attached hydrogens (tertiary/aromatic N) is 3. The van der Waals surface area contributed by atoms with Crippen molar-refractivity contribution < 1.29 is 14.3 Å². The molecule has 0 radical (unpaired) electrons. The van der Waals surface area contributed by atoms with Crippen molar-refractivity contribution >= 4 is 40.3 Å². The number of carbonyl (C=O) groups is 1. The van der Waals surface area contributed by atoms with Crippen LogP contribution in [0.3, 0.4) is 0 Å². The fourth-order valence-electron chi connectivity index (χ4n) is 4.44. The summed E-state index contributed by atoms with van der Waals surface area (Å²) >= 11 is 6.91. The first-order valence-electron chi connectivity index (χ1n) is 12.6. The van der Waals surface area contributed by atoms with Crippen molar-refractivity contribution in [3.05, 3.63) is 70.8 Å². The third-order valence-electron chi connectivity index (χ3n) is 6.35. The van der Waals surface area contributed by atoms with Crippen LogP contribution in [0.5, 0.6) is 5.75 Å². The normalized spacial score (nSPS) is 19.0. The number of para-hydroxylation sites is 1. The number of thiocarbonyl (C=S) groups is 1. The minimum absolute atomic E-state index is 0.0534. The average molecular weight is 534 g/mol. The van der Waals surface area contributed by atoms with Gasteiger partial charge in [0.05, 0.1) is 29.8 Å². The average Bonchev–Trinajstić information content (AvgIpc) is 3.61. The van der Waals surface area contributed by atoms with E-state index in [0.29, 0.717) is 28.3 Å². The highest BCUT2D eigenvalue weighted by Crippen LogP contribution is 2.36. The molecule has 2 saturated heterocycles. The maximum atomic E-state index is 13.3. The highest BCUT2D eigenvalue weighted by Gasteiger charge is 2.35. The Kier molecular flexibility index (Phi) is 7.79. The van der Waals surface area contributed by atoms with Crippen molar-refractivity contribution in [1.29, 1.82) is 0 Å². The zero-order valence-electron chi connectivity index (χ0n) is 21.3. The molecule has 0 N–H and O–H groups in total. The van der Waals surface area contributed by atoms with Gasteiger partial charge in [0.15, 0.2) is 0 Å². The number of hydrogen-bond acceptors (Lipinski definition) is 6. The standard InChI is InChI=1S/C29H31N3O3S2/c1-19(2)18-35-25-12-11-21(14-20(25)3)27-22(16-32(30-27)23-8-5-4-6-9-23)15-26-28(33)31(29(36)37-26)17-24-10-7-13-34-24/h4-6,8-9,11-12,14-16,19,24H,7,10,13,17-18H2,1-3H3/b26-15-. The summed E-state index contributed by atoms with van der Waals surface area (Å²) in [5.41, 5.74) is 4.61. The molecule has 37 heavy (non-hydrogen) atoms. The molecule has 2 aliphatic heterocycles. The van der Waals surface area contributed by atoms with Crippen LogP contribution in [0.1, 0.15) is 37.8 Å². The summed E-state index contributed by atoms with van der Waals surface area (Å²) in [5.74, 6) is 1.25. The van der Waals surface area contributed by atoms with Crippen molar-refractivity contribution in [2.75, 3.05) is 19.8 Å². The molecule has 5 rings (SSSR count). The van der Waals surface area contributed by atoms with E-state index in [1.165, 1.54) is 11.8 Å². The Balaban J connectivity index is 1.49. The van der Waals surface area contributed by atoms with Crippen LogP contribution in [0.25, 0.3) is 23.0 Å². The quantitative estimate of drug-likeness (QED) is 0.252. The topological polar surface area (TPSA) is 56.6 Å². The Labute approximate surface area is 227 Å². The molecule has 0 spiro atoms. The molecule has 2 aliphatic rings. The van der Waals surface area contributed by atoms with Crippen LogP contribution in [0.4, 0.5) is 0 Å². The Bertz CT molecular complexity index is 1330. The van der Waals surface area contributed by atoms with Gasteiger partial charge in [-0.05, 0) is 67.7 Å². The van der Waals surface area contributed by atoms with Crippen molar-refractivity contribution in [1.82, 2.24) is 14.7 Å². The monoisotopic (exact) mass is 533 g/mol. The molecule has 0 saturated carbocycles. The third-order valence-corrected chi connectivity index (χ3v) is 7.73. The van der Waals surface area contributed by atoms with Gasteiger partial charge in [-0.2, -0.15) is 5.10 Å². The molecule has 3 heterocycles. The molecule has 0 bridgehead atoms. The number of ether oxygens (including phenoxy) is 2. The smallest absolute Gasteiger partial charge is 0.266 e. The lowest BCUT2D eigenvalue weighted by Gasteiger charge is -2.18. The lowest BCUT2D eigenvalue weighted by atomic mass is 10.0. The number of hydrogen-bond donors (Lipinski definition) is 0. The van der Waals surface area contributed by atoms with Crippen molar-refractivity contribution in [2.45, 2.75) is 39.7 Å². The fraction of sp³-hybridized carbons (Fsp3) is 0.345. The number of rotatable bonds is 8. The van der Waals surface area contributed by atoms with E-state index in [-0.39, 0.29) is 12.0 Å². The van der Waals surface area contributed by atoms with E-state index >= 15 is 0 Å². The maximum absolute atomic E-state index is 13.3. The van der Waals surface area contributed by atoms with E-state index in [2.05, 4.69) is 19.9 Å². The summed E-state index contributed by atoms with van der Waals surface area (Å²) in [6.45, 7) is 8.24. The van der Waals surface area contributed by atoms with Crippen LogP contribution >= 0.6 is 24.0 Å². The molecule has 1 aromatic heterocycles. The van der Waals surface area contributed by atoms with Gasteiger partial charge in [0, 0.05) is 23.9 Å². The molecule has 2 aromatic carbocycles. The molecule has 1 atom stereocenters. The number of thioether (sulfide) groups is 1. The SMILES string of the molecule is Cc1cc(-c2nn(-c3ccccc3)cc2/C=C2\SC(=S)N(CC3CCCO3)C2=O)ccc1OCC(C)C. The predicted octanol–water partition coefficient (Wildman–Crippen LogP) is 6.26. The van der Waals surface area contributed by atoms with Gasteiger partial charge in [-0.25, -0.2) is 4.68 Å². The molecular formula is C29H31N3O3S2. The zero-order chi connectivity index (χ0) is 25.9. The van der Waals surface area contributed by atoms with E-state index < -0.39 is 0 Å². The maximum Gasteiger partial charge on any atom is 0.266 e. The fourth-order valence-corrected chi connectivity index (χ4v) is 5.70.